The normalized spacial score (nSPS) is 24.7. The minimum atomic E-state index is -4.46. The predicted molar refractivity (Wildman–Crippen MR) is 77.0 cm³/mol. The van der Waals surface area contributed by atoms with Crippen LogP contribution < -0.4 is 5.32 Å². The van der Waals surface area contributed by atoms with Gasteiger partial charge >= 0.3 is 6.18 Å². The third-order valence-corrected chi connectivity index (χ3v) is 4.49. The van der Waals surface area contributed by atoms with Gasteiger partial charge in [0.15, 0.2) is 0 Å². The first-order valence-electron chi connectivity index (χ1n) is 6.57. The molecule has 1 atom stereocenters. The van der Waals surface area contributed by atoms with Crippen molar-refractivity contribution in [2.24, 2.45) is 0 Å². The molecule has 1 fully saturated rings. The number of hydrogen-bond acceptors (Lipinski definition) is 2. The number of fused-ring (bicyclic) bond motifs is 1. The molecule has 110 valence electrons. The highest BCUT2D eigenvalue weighted by molar-refractivity contribution is 9.09. The van der Waals surface area contributed by atoms with E-state index in [0.29, 0.717) is 5.56 Å². The summed E-state index contributed by atoms with van der Waals surface area (Å²) in [6.45, 7) is 1.75. The lowest BCUT2D eigenvalue weighted by Crippen LogP contribution is -2.24. The summed E-state index contributed by atoms with van der Waals surface area (Å²) >= 11 is 3.44. The molecule has 1 saturated carbocycles. The zero-order valence-corrected chi connectivity index (χ0v) is 12.8. The van der Waals surface area contributed by atoms with E-state index in [1.807, 2.05) is 12.1 Å². The lowest BCUT2D eigenvalue weighted by atomic mass is 9.89. The van der Waals surface area contributed by atoms with Gasteiger partial charge in [-0.15, -0.1) is 0 Å². The van der Waals surface area contributed by atoms with Crippen LogP contribution in [0.15, 0.2) is 23.9 Å². The largest absolute Gasteiger partial charge is 0.418 e. The number of nitrogens with zero attached hydrogens (tertiary/aromatic N) is 1. The summed E-state index contributed by atoms with van der Waals surface area (Å²) in [6, 6.07) is 4.91. The van der Waals surface area contributed by atoms with Gasteiger partial charge in [0.05, 0.1) is 15.6 Å². The smallest absolute Gasteiger partial charge is 0.346 e. The summed E-state index contributed by atoms with van der Waals surface area (Å²) in [5, 5.41) is 11.6. The average Bonchev–Trinajstić information content (AvgIpc) is 3.20. The molecule has 1 aliphatic carbocycles. The molecule has 1 aliphatic heterocycles. The maximum atomic E-state index is 13.4. The molecule has 1 aromatic rings. The van der Waals surface area contributed by atoms with Crippen molar-refractivity contribution in [3.63, 3.8) is 0 Å². The number of rotatable bonds is 1. The molecule has 1 heterocycles. The molecule has 0 bridgehead atoms. The van der Waals surface area contributed by atoms with Gasteiger partial charge in [-0.2, -0.15) is 18.4 Å². The van der Waals surface area contributed by atoms with Gasteiger partial charge in [0.2, 0.25) is 0 Å². The van der Waals surface area contributed by atoms with Crippen molar-refractivity contribution in [2.75, 3.05) is 5.32 Å². The van der Waals surface area contributed by atoms with Crippen molar-refractivity contribution in [1.82, 2.24) is 0 Å². The monoisotopic (exact) mass is 356 g/mol. The molecule has 0 aromatic heterocycles. The molecule has 6 heteroatoms. The third-order valence-electron chi connectivity index (χ3n) is 3.84. The molecule has 2 nitrogen and oxygen atoms in total. The maximum absolute atomic E-state index is 13.4. The number of allylic oxidation sites excluding steroid dienone is 2. The second kappa shape index (κ2) is 4.51. The molecule has 0 saturated heterocycles. The van der Waals surface area contributed by atoms with Crippen LogP contribution in [0.2, 0.25) is 0 Å². The van der Waals surface area contributed by atoms with E-state index in [-0.39, 0.29) is 17.3 Å². The second-order valence-corrected chi connectivity index (χ2v) is 7.28. The van der Waals surface area contributed by atoms with E-state index in [2.05, 4.69) is 21.2 Å². The van der Waals surface area contributed by atoms with Gasteiger partial charge in [-0.3, -0.25) is 0 Å². The minimum absolute atomic E-state index is 0.0228. The summed E-state index contributed by atoms with van der Waals surface area (Å²) in [5.74, 6) is 0.223. The Morgan fingerprint density at radius 1 is 1.38 bits per heavy atom. The van der Waals surface area contributed by atoms with Crippen LogP contribution >= 0.6 is 15.9 Å². The van der Waals surface area contributed by atoms with Gasteiger partial charge in [-0.25, -0.2) is 0 Å². The summed E-state index contributed by atoms with van der Waals surface area (Å²) in [4.78, 5) is 0. The second-order valence-electron chi connectivity index (χ2n) is 5.63. The molecule has 1 unspecified atom stereocenters. The van der Waals surface area contributed by atoms with Crippen molar-refractivity contribution >= 4 is 21.6 Å². The Bertz CT molecular complexity index is 679. The Kier molecular flexibility index (Phi) is 3.10. The van der Waals surface area contributed by atoms with Crippen molar-refractivity contribution in [2.45, 2.75) is 36.2 Å². The number of alkyl halides is 4. The van der Waals surface area contributed by atoms with E-state index >= 15 is 0 Å². The fraction of sp³-hybridized carbons (Fsp3) is 0.400. The van der Waals surface area contributed by atoms with E-state index in [9.17, 15) is 13.2 Å². The highest BCUT2D eigenvalue weighted by Crippen LogP contribution is 2.50. The Morgan fingerprint density at radius 3 is 2.57 bits per heavy atom. The molecule has 3 rings (SSSR count). The van der Waals surface area contributed by atoms with Crippen molar-refractivity contribution in [3.8, 4) is 6.07 Å². The fourth-order valence-corrected chi connectivity index (χ4v) is 3.18. The van der Waals surface area contributed by atoms with Crippen molar-refractivity contribution < 1.29 is 13.2 Å². The third kappa shape index (κ3) is 2.55. The Labute approximate surface area is 128 Å². The van der Waals surface area contributed by atoms with Crippen LogP contribution in [0.1, 0.15) is 42.4 Å². The highest BCUT2D eigenvalue weighted by Gasteiger charge is 2.41. The van der Waals surface area contributed by atoms with Gasteiger partial charge in [0.25, 0.3) is 0 Å². The first-order valence-corrected chi connectivity index (χ1v) is 7.36. The van der Waals surface area contributed by atoms with E-state index in [1.54, 1.807) is 13.0 Å². The molecule has 0 radical (unpaired) electrons. The Balaban J connectivity index is 2.25. The van der Waals surface area contributed by atoms with Gasteiger partial charge in [0.1, 0.15) is 11.8 Å². The van der Waals surface area contributed by atoms with Crippen LogP contribution in [0.3, 0.4) is 0 Å². The lowest BCUT2D eigenvalue weighted by Gasteiger charge is -2.31. The van der Waals surface area contributed by atoms with Crippen LogP contribution in [-0.4, -0.2) is 0 Å². The van der Waals surface area contributed by atoms with Gasteiger partial charge < -0.3 is 5.32 Å². The van der Waals surface area contributed by atoms with Crippen LogP contribution in [-0.2, 0) is 10.5 Å². The van der Waals surface area contributed by atoms with Gasteiger partial charge in [0, 0.05) is 0 Å². The summed E-state index contributed by atoms with van der Waals surface area (Å²) < 4.78 is 39.3. The fourth-order valence-electron chi connectivity index (χ4n) is 2.64. The molecule has 21 heavy (non-hydrogen) atoms. The summed E-state index contributed by atoms with van der Waals surface area (Å²) in [6.07, 6.45) is -0.987. The number of benzene rings is 1. The van der Waals surface area contributed by atoms with Crippen LogP contribution in [0.25, 0.3) is 0 Å². The van der Waals surface area contributed by atoms with Crippen molar-refractivity contribution in [1.29, 1.82) is 5.26 Å². The molecular weight excluding hydrogens is 345 g/mol. The lowest BCUT2D eigenvalue weighted by molar-refractivity contribution is -0.137. The minimum Gasteiger partial charge on any atom is -0.346 e. The van der Waals surface area contributed by atoms with Gasteiger partial charge in [-0.1, -0.05) is 22.0 Å². The maximum Gasteiger partial charge on any atom is 0.418 e. The number of halogens is 4. The van der Waals surface area contributed by atoms with Crippen molar-refractivity contribution in [3.05, 3.63) is 40.6 Å². The molecule has 1 aromatic carbocycles. The number of nitrogens with one attached hydrogen (secondary N) is 1. The first kappa shape index (κ1) is 14.5. The molecule has 2 aliphatic rings. The standard InChI is InChI=1S/C15H12BrF3N2/c1-14(16)6-10(7-20)21-13-11(14)4-9(8-2-3-8)5-12(13)15(17,18)19/h4-6,8,21H,2-3H2,1H3. The zero-order chi connectivity index (χ0) is 15.4. The summed E-state index contributed by atoms with van der Waals surface area (Å²) in [7, 11) is 0. The number of hydrogen-bond donors (Lipinski definition) is 1. The molecular formula is C15H12BrF3N2. The molecule has 1 N–H and O–H groups in total. The quantitative estimate of drug-likeness (QED) is 0.716. The molecule has 0 amide bonds. The predicted octanol–water partition coefficient (Wildman–Crippen LogP) is 5.03. The van der Waals surface area contributed by atoms with Crippen LogP contribution in [0.5, 0.6) is 0 Å². The van der Waals surface area contributed by atoms with E-state index in [1.165, 1.54) is 6.07 Å². The topological polar surface area (TPSA) is 35.8 Å². The number of nitriles is 1. The Morgan fingerprint density at radius 2 is 2.05 bits per heavy atom. The van der Waals surface area contributed by atoms with Crippen LogP contribution in [0, 0.1) is 11.3 Å². The zero-order valence-electron chi connectivity index (χ0n) is 11.2. The molecule has 0 spiro atoms. The SMILES string of the molecule is CC1(Br)C=C(C#N)Nc2c(C(F)(F)F)cc(C3CC3)cc21. The summed E-state index contributed by atoms with van der Waals surface area (Å²) in [5.41, 5.74) is 0.644. The van der Waals surface area contributed by atoms with E-state index in [0.717, 1.165) is 18.4 Å². The van der Waals surface area contributed by atoms with E-state index in [4.69, 9.17) is 5.26 Å². The Hall–Kier alpha value is -1.48. The first-order chi connectivity index (χ1) is 9.72. The average molecular weight is 357 g/mol. The highest BCUT2D eigenvalue weighted by atomic mass is 79.9. The van der Waals surface area contributed by atoms with Gasteiger partial charge in [-0.05, 0) is 49.0 Å². The van der Waals surface area contributed by atoms with Crippen LogP contribution in [0.4, 0.5) is 18.9 Å². The van der Waals surface area contributed by atoms with E-state index < -0.39 is 16.1 Å². The number of anilines is 1.